The molecule has 0 aliphatic heterocycles. The maximum atomic E-state index is 13.4. The summed E-state index contributed by atoms with van der Waals surface area (Å²) in [4.78, 5) is 4.56. The Labute approximate surface area is 161 Å². The number of nitrogens with zero attached hydrogens (tertiary/aromatic N) is 4. The Kier molecular flexibility index (Phi) is 4.87. The molecule has 2 aromatic heterocycles. The van der Waals surface area contributed by atoms with E-state index in [9.17, 15) is 8.78 Å². The van der Waals surface area contributed by atoms with E-state index in [1.54, 1.807) is 24.3 Å². The maximum Gasteiger partial charge on any atom is 0.210 e. The third kappa shape index (κ3) is 3.83. The van der Waals surface area contributed by atoms with Crippen molar-refractivity contribution >= 4 is 23.1 Å². The lowest BCUT2D eigenvalue weighted by Crippen LogP contribution is -2.11. The van der Waals surface area contributed by atoms with E-state index in [2.05, 4.69) is 15.2 Å². The second-order valence-corrected chi connectivity index (χ2v) is 7.43. The molecule has 27 heavy (non-hydrogen) atoms. The van der Waals surface area contributed by atoms with Crippen LogP contribution in [0.25, 0.3) is 22.0 Å². The van der Waals surface area contributed by atoms with Crippen LogP contribution in [0.5, 0.6) is 0 Å². The van der Waals surface area contributed by atoms with Crippen LogP contribution in [0.2, 0.25) is 0 Å². The van der Waals surface area contributed by atoms with Crippen LogP contribution in [0.4, 0.5) is 8.78 Å². The number of nitrogen functional groups attached to an aromatic ring is 1. The zero-order valence-electron chi connectivity index (χ0n) is 13.8. The number of thioether (sulfide) groups is 1. The highest BCUT2D eigenvalue weighted by atomic mass is 32.2. The van der Waals surface area contributed by atoms with E-state index in [0.29, 0.717) is 22.3 Å². The molecule has 0 saturated carbocycles. The predicted molar refractivity (Wildman–Crippen MR) is 103 cm³/mol. The van der Waals surface area contributed by atoms with Gasteiger partial charge in [0.1, 0.15) is 16.6 Å². The van der Waals surface area contributed by atoms with Gasteiger partial charge >= 0.3 is 0 Å². The zero-order valence-corrected chi connectivity index (χ0v) is 15.5. The topological polar surface area (TPSA) is 69.6 Å². The molecule has 2 heterocycles. The number of thiazole rings is 1. The van der Waals surface area contributed by atoms with Gasteiger partial charge in [0, 0.05) is 22.3 Å². The fourth-order valence-electron chi connectivity index (χ4n) is 2.44. The second kappa shape index (κ2) is 7.45. The van der Waals surface area contributed by atoms with Gasteiger partial charge in [-0.2, -0.15) is 0 Å². The minimum Gasteiger partial charge on any atom is -0.335 e. The SMILES string of the molecule is Nn1c(SCc2csc(-c3ccc(F)cc3)n2)nnc1-c1cccc(F)c1. The molecule has 0 bridgehead atoms. The average molecular weight is 401 g/mol. The van der Waals surface area contributed by atoms with Gasteiger partial charge in [-0.1, -0.05) is 23.9 Å². The molecule has 136 valence electrons. The summed E-state index contributed by atoms with van der Waals surface area (Å²) in [6.07, 6.45) is 0. The number of hydrogen-bond donors (Lipinski definition) is 1. The predicted octanol–water partition coefficient (Wildman–Crippen LogP) is 4.35. The molecule has 0 spiro atoms. The highest BCUT2D eigenvalue weighted by Gasteiger charge is 2.14. The number of benzene rings is 2. The summed E-state index contributed by atoms with van der Waals surface area (Å²) in [6.45, 7) is 0. The first-order chi connectivity index (χ1) is 13.1. The molecule has 9 heteroatoms. The van der Waals surface area contributed by atoms with E-state index < -0.39 is 0 Å². The van der Waals surface area contributed by atoms with E-state index >= 15 is 0 Å². The van der Waals surface area contributed by atoms with Crippen LogP contribution < -0.4 is 5.84 Å². The maximum absolute atomic E-state index is 13.4. The van der Waals surface area contributed by atoms with Crippen molar-refractivity contribution in [2.45, 2.75) is 10.9 Å². The Hall–Kier alpha value is -2.78. The highest BCUT2D eigenvalue weighted by molar-refractivity contribution is 7.98. The van der Waals surface area contributed by atoms with Crippen molar-refractivity contribution in [2.75, 3.05) is 5.84 Å². The summed E-state index contributed by atoms with van der Waals surface area (Å²) in [6, 6.07) is 12.3. The monoisotopic (exact) mass is 401 g/mol. The van der Waals surface area contributed by atoms with Crippen LogP contribution in [0, 0.1) is 11.6 Å². The average Bonchev–Trinajstić information content (AvgIpc) is 3.27. The number of halogens is 2. The van der Waals surface area contributed by atoms with Gasteiger partial charge in [0.05, 0.1) is 5.69 Å². The first kappa shape index (κ1) is 17.6. The van der Waals surface area contributed by atoms with Gasteiger partial charge < -0.3 is 5.84 Å². The van der Waals surface area contributed by atoms with Crippen LogP contribution in [-0.4, -0.2) is 19.9 Å². The molecule has 0 atom stereocenters. The quantitative estimate of drug-likeness (QED) is 0.398. The van der Waals surface area contributed by atoms with Crippen LogP contribution in [0.1, 0.15) is 5.69 Å². The van der Waals surface area contributed by atoms with Gasteiger partial charge in [0.2, 0.25) is 5.16 Å². The molecule has 4 aromatic rings. The fraction of sp³-hybridized carbons (Fsp3) is 0.0556. The van der Waals surface area contributed by atoms with E-state index in [4.69, 9.17) is 5.84 Å². The van der Waals surface area contributed by atoms with Gasteiger partial charge in [-0.3, -0.25) is 0 Å². The largest absolute Gasteiger partial charge is 0.335 e. The van der Waals surface area contributed by atoms with Crippen LogP contribution >= 0.6 is 23.1 Å². The third-order valence-electron chi connectivity index (χ3n) is 3.74. The summed E-state index contributed by atoms with van der Waals surface area (Å²) in [7, 11) is 0. The Bertz CT molecular complexity index is 1080. The summed E-state index contributed by atoms with van der Waals surface area (Å²) in [5, 5.41) is 11.4. The minimum atomic E-state index is -0.361. The normalized spacial score (nSPS) is 11.0. The van der Waals surface area contributed by atoms with Crippen molar-refractivity contribution in [1.82, 2.24) is 19.9 Å². The third-order valence-corrected chi connectivity index (χ3v) is 5.66. The Morgan fingerprint density at radius 2 is 1.81 bits per heavy atom. The molecule has 2 aromatic carbocycles. The summed E-state index contributed by atoms with van der Waals surface area (Å²) in [5.74, 6) is 6.36. The van der Waals surface area contributed by atoms with Gasteiger partial charge in [-0.05, 0) is 36.4 Å². The number of aromatic nitrogens is 4. The summed E-state index contributed by atoms with van der Waals surface area (Å²) >= 11 is 2.87. The van der Waals surface area contributed by atoms with Gasteiger partial charge in [0.15, 0.2) is 5.82 Å². The minimum absolute atomic E-state index is 0.275. The Morgan fingerprint density at radius 1 is 1.00 bits per heavy atom. The lowest BCUT2D eigenvalue weighted by atomic mass is 10.2. The van der Waals surface area contributed by atoms with Gasteiger partial charge in [-0.25, -0.2) is 18.4 Å². The molecule has 5 nitrogen and oxygen atoms in total. The zero-order chi connectivity index (χ0) is 18.8. The highest BCUT2D eigenvalue weighted by Crippen LogP contribution is 2.28. The van der Waals surface area contributed by atoms with Crippen molar-refractivity contribution in [2.24, 2.45) is 0 Å². The molecule has 0 saturated heterocycles. The molecule has 0 radical (unpaired) electrons. The van der Waals surface area contributed by atoms with E-state index in [1.807, 2.05) is 5.38 Å². The van der Waals surface area contributed by atoms with Crippen LogP contribution in [0.15, 0.2) is 59.1 Å². The fourth-order valence-corrected chi connectivity index (χ4v) is 4.12. The van der Waals surface area contributed by atoms with Crippen molar-refractivity contribution < 1.29 is 8.78 Å². The van der Waals surface area contributed by atoms with E-state index in [1.165, 1.54) is 52.0 Å². The summed E-state index contributed by atoms with van der Waals surface area (Å²) < 4.78 is 27.8. The molecule has 2 N–H and O–H groups in total. The lowest BCUT2D eigenvalue weighted by molar-refractivity contribution is 0.627. The number of nitrogens with two attached hydrogens (primary N) is 1. The van der Waals surface area contributed by atoms with Gasteiger partial charge in [0.25, 0.3) is 0 Å². The molecular formula is C18H13F2N5S2. The van der Waals surface area contributed by atoms with Gasteiger partial charge in [-0.15, -0.1) is 21.5 Å². The lowest BCUT2D eigenvalue weighted by Gasteiger charge is -2.03. The standard InChI is InChI=1S/C18H13F2N5S2/c19-13-6-4-11(5-7-13)17-22-15(9-26-17)10-27-18-24-23-16(25(18)21)12-2-1-3-14(20)8-12/h1-9H,10,21H2. The van der Waals surface area contributed by atoms with Crippen LogP contribution in [0.3, 0.4) is 0 Å². The van der Waals surface area contributed by atoms with Crippen molar-refractivity contribution in [3.63, 3.8) is 0 Å². The van der Waals surface area contributed by atoms with E-state index in [-0.39, 0.29) is 11.6 Å². The molecule has 0 aliphatic rings. The van der Waals surface area contributed by atoms with E-state index in [0.717, 1.165) is 16.3 Å². The molecule has 0 unspecified atom stereocenters. The number of hydrogen-bond acceptors (Lipinski definition) is 6. The van der Waals surface area contributed by atoms with Crippen molar-refractivity contribution in [3.8, 4) is 22.0 Å². The van der Waals surface area contributed by atoms with Crippen LogP contribution in [-0.2, 0) is 5.75 Å². The smallest absolute Gasteiger partial charge is 0.210 e. The molecular weight excluding hydrogens is 388 g/mol. The summed E-state index contributed by atoms with van der Waals surface area (Å²) in [5.41, 5.74) is 2.29. The second-order valence-electron chi connectivity index (χ2n) is 5.63. The first-order valence-electron chi connectivity index (χ1n) is 7.90. The Balaban J connectivity index is 1.47. The molecule has 0 amide bonds. The van der Waals surface area contributed by atoms with Crippen molar-refractivity contribution in [1.29, 1.82) is 0 Å². The molecule has 0 fully saturated rings. The Morgan fingerprint density at radius 3 is 2.59 bits per heavy atom. The molecule has 4 rings (SSSR count). The molecule has 0 aliphatic carbocycles. The van der Waals surface area contributed by atoms with Crippen molar-refractivity contribution in [3.05, 3.63) is 71.2 Å². The number of rotatable bonds is 5. The first-order valence-corrected chi connectivity index (χ1v) is 9.76.